The Morgan fingerprint density at radius 1 is 1.37 bits per heavy atom. The minimum absolute atomic E-state index is 0.00969. The number of nitro groups is 1. The molecule has 104 valence electrons. The molecule has 0 spiro atoms. The van der Waals surface area contributed by atoms with Crippen molar-refractivity contribution < 1.29 is 23.0 Å². The Morgan fingerprint density at radius 3 is 2.42 bits per heavy atom. The van der Waals surface area contributed by atoms with Crippen molar-refractivity contribution in [2.45, 2.75) is 11.8 Å². The van der Waals surface area contributed by atoms with Gasteiger partial charge in [0.25, 0.3) is 0 Å². The molecule has 0 heterocycles. The molecule has 0 radical (unpaired) electrons. The maximum Gasteiger partial charge on any atom is 0.333 e. The van der Waals surface area contributed by atoms with E-state index in [0.29, 0.717) is 0 Å². The predicted molar refractivity (Wildman–Crippen MR) is 64.0 cm³/mol. The number of hydrogen-bond donors (Lipinski definition) is 0. The van der Waals surface area contributed by atoms with Crippen LogP contribution in [0.1, 0.15) is 6.92 Å². The molecule has 0 aliphatic carbocycles. The van der Waals surface area contributed by atoms with Gasteiger partial charge in [-0.3, -0.25) is 0 Å². The fraction of sp³-hybridized carbons (Fsp3) is 0.300. The lowest BCUT2D eigenvalue weighted by molar-refractivity contribution is -0.617. The first-order valence-electron chi connectivity index (χ1n) is 5.27. The van der Waals surface area contributed by atoms with Crippen molar-refractivity contribution in [1.82, 2.24) is 4.41 Å². The summed E-state index contributed by atoms with van der Waals surface area (Å²) in [5.41, 5.74) is 0. The molecule has 0 aliphatic rings. The lowest BCUT2D eigenvalue weighted by atomic mass is 10.4. The van der Waals surface area contributed by atoms with E-state index < -0.39 is 27.6 Å². The molecule has 0 N–H and O–H groups in total. The Labute approximate surface area is 109 Å². The highest BCUT2D eigenvalue weighted by Crippen LogP contribution is 2.14. The van der Waals surface area contributed by atoms with Crippen molar-refractivity contribution in [3.8, 4) is 0 Å². The van der Waals surface area contributed by atoms with Crippen LogP contribution in [-0.4, -0.2) is 37.0 Å². The topological polar surface area (TPSA) is 107 Å². The number of benzene rings is 1. The van der Waals surface area contributed by atoms with E-state index in [9.17, 15) is 23.3 Å². The van der Waals surface area contributed by atoms with Crippen LogP contribution in [0.5, 0.6) is 0 Å². The molecule has 0 saturated carbocycles. The van der Waals surface area contributed by atoms with Crippen molar-refractivity contribution in [2.24, 2.45) is 0 Å². The van der Waals surface area contributed by atoms with Gasteiger partial charge in [-0.1, -0.05) is 18.2 Å². The Kier molecular flexibility index (Phi) is 4.81. The van der Waals surface area contributed by atoms with Gasteiger partial charge in [0.15, 0.2) is 11.6 Å². The third-order valence-corrected chi connectivity index (χ3v) is 3.76. The summed E-state index contributed by atoms with van der Waals surface area (Å²) >= 11 is 0. The zero-order valence-corrected chi connectivity index (χ0v) is 10.9. The lowest BCUT2D eigenvalue weighted by Crippen LogP contribution is -2.40. The third kappa shape index (κ3) is 3.65. The van der Waals surface area contributed by atoms with E-state index >= 15 is 0 Å². The first-order valence-corrected chi connectivity index (χ1v) is 6.71. The molecule has 19 heavy (non-hydrogen) atoms. The van der Waals surface area contributed by atoms with Gasteiger partial charge in [-0.2, -0.15) is 8.42 Å². The first kappa shape index (κ1) is 14.9. The smallest absolute Gasteiger partial charge is 0.333 e. The summed E-state index contributed by atoms with van der Waals surface area (Å²) in [5.74, 6) is -0.987. The fourth-order valence-corrected chi connectivity index (χ4v) is 2.46. The number of hydrazine groups is 1. The summed E-state index contributed by atoms with van der Waals surface area (Å²) in [7, 11) is -4.38. The van der Waals surface area contributed by atoms with E-state index in [-0.39, 0.29) is 15.9 Å². The normalized spacial score (nSPS) is 10.8. The Bertz CT molecular complexity index is 557. The van der Waals surface area contributed by atoms with Crippen molar-refractivity contribution in [3.63, 3.8) is 0 Å². The molecule has 0 saturated heterocycles. The molecule has 1 aromatic rings. The predicted octanol–water partition coefficient (Wildman–Crippen LogP) is 0.432. The molecule has 9 heteroatoms. The third-order valence-electron chi connectivity index (χ3n) is 2.07. The molecule has 0 amide bonds. The van der Waals surface area contributed by atoms with Gasteiger partial charge in [-0.25, -0.2) is 14.9 Å². The molecule has 0 aliphatic heterocycles. The van der Waals surface area contributed by atoms with Crippen LogP contribution >= 0.6 is 0 Å². The molecular formula is C10H12N2O6S. The number of esters is 1. The quantitative estimate of drug-likeness (QED) is 0.427. The van der Waals surface area contributed by atoms with Crippen LogP contribution in [0.2, 0.25) is 0 Å². The monoisotopic (exact) mass is 288 g/mol. The van der Waals surface area contributed by atoms with Gasteiger partial charge in [0.1, 0.15) is 0 Å². The maximum absolute atomic E-state index is 12.0. The van der Waals surface area contributed by atoms with Gasteiger partial charge in [0.2, 0.25) is 0 Å². The molecular weight excluding hydrogens is 276 g/mol. The number of rotatable bonds is 6. The van der Waals surface area contributed by atoms with Crippen LogP contribution in [0.15, 0.2) is 35.2 Å². The number of hydrogen-bond acceptors (Lipinski definition) is 6. The minimum atomic E-state index is -4.38. The van der Waals surface area contributed by atoms with Crippen molar-refractivity contribution in [2.75, 3.05) is 13.2 Å². The van der Waals surface area contributed by atoms with Crippen LogP contribution in [-0.2, 0) is 19.6 Å². The van der Waals surface area contributed by atoms with Gasteiger partial charge in [-0.05, 0) is 19.1 Å². The highest BCUT2D eigenvalue weighted by molar-refractivity contribution is 7.89. The van der Waals surface area contributed by atoms with Crippen LogP contribution in [0.25, 0.3) is 0 Å². The van der Waals surface area contributed by atoms with Crippen LogP contribution < -0.4 is 0 Å². The average molecular weight is 288 g/mol. The van der Waals surface area contributed by atoms with Gasteiger partial charge >= 0.3 is 16.0 Å². The summed E-state index contributed by atoms with van der Waals surface area (Å²) in [6.07, 6.45) is 0. The first-order chi connectivity index (χ1) is 8.89. The number of nitrogens with zero attached hydrogens (tertiary/aromatic N) is 2. The maximum atomic E-state index is 12.0. The van der Waals surface area contributed by atoms with Gasteiger partial charge in [0.05, 0.1) is 11.5 Å². The number of ether oxygens (including phenoxy) is 1. The van der Waals surface area contributed by atoms with Crippen LogP contribution in [0.4, 0.5) is 0 Å². The SMILES string of the molecule is CCOC(=O)CN([N+](=O)[O-])S(=O)(=O)c1ccccc1. The van der Waals surface area contributed by atoms with E-state index in [0.717, 1.165) is 0 Å². The molecule has 0 bridgehead atoms. The van der Waals surface area contributed by atoms with Crippen LogP contribution in [0, 0.1) is 10.1 Å². The highest BCUT2D eigenvalue weighted by Gasteiger charge is 2.35. The Morgan fingerprint density at radius 2 is 1.95 bits per heavy atom. The second kappa shape index (κ2) is 6.14. The summed E-state index contributed by atoms with van der Waals surface area (Å²) in [4.78, 5) is 21.7. The molecule has 1 rings (SSSR count). The molecule has 0 atom stereocenters. The van der Waals surface area contributed by atoms with Gasteiger partial charge in [-0.15, -0.1) is 0 Å². The molecule has 1 aromatic carbocycles. The number of carbonyl (C=O) groups excluding carboxylic acids is 1. The number of carbonyl (C=O) groups is 1. The standard InChI is InChI=1S/C10H12N2O6S/c1-2-18-10(13)8-11(12(14)15)19(16,17)9-6-4-3-5-7-9/h3-7H,2,8H2,1H3. The van der Waals surface area contributed by atoms with Crippen LogP contribution in [0.3, 0.4) is 0 Å². The summed E-state index contributed by atoms with van der Waals surface area (Å²) in [6, 6.07) is 6.83. The minimum Gasteiger partial charge on any atom is -0.464 e. The molecule has 0 fully saturated rings. The lowest BCUT2D eigenvalue weighted by Gasteiger charge is -2.13. The van der Waals surface area contributed by atoms with Crippen molar-refractivity contribution >= 4 is 16.0 Å². The summed E-state index contributed by atoms with van der Waals surface area (Å²) in [5, 5.41) is 9.65. The van der Waals surface area contributed by atoms with E-state index in [1.807, 2.05) is 0 Å². The highest BCUT2D eigenvalue weighted by atomic mass is 32.2. The fourth-order valence-electron chi connectivity index (χ4n) is 1.26. The zero-order chi connectivity index (χ0) is 14.5. The Balaban J connectivity index is 3.06. The van der Waals surface area contributed by atoms with Crippen molar-refractivity contribution in [3.05, 3.63) is 40.4 Å². The van der Waals surface area contributed by atoms with Crippen molar-refractivity contribution in [1.29, 1.82) is 0 Å². The van der Waals surface area contributed by atoms with E-state index in [2.05, 4.69) is 4.74 Å². The summed E-state index contributed by atoms with van der Waals surface area (Å²) in [6.45, 7) is 0.550. The van der Waals surface area contributed by atoms with Gasteiger partial charge < -0.3 is 4.74 Å². The summed E-state index contributed by atoms with van der Waals surface area (Å²) < 4.78 is 28.3. The van der Waals surface area contributed by atoms with E-state index in [1.165, 1.54) is 31.2 Å². The van der Waals surface area contributed by atoms with Gasteiger partial charge in [0, 0.05) is 4.41 Å². The second-order valence-electron chi connectivity index (χ2n) is 3.34. The zero-order valence-electron chi connectivity index (χ0n) is 10.1. The largest absolute Gasteiger partial charge is 0.464 e. The Hall–Kier alpha value is -2.16. The average Bonchev–Trinajstić information content (AvgIpc) is 2.37. The molecule has 0 aromatic heterocycles. The molecule has 0 unspecified atom stereocenters. The second-order valence-corrected chi connectivity index (χ2v) is 5.18. The van der Waals surface area contributed by atoms with E-state index in [1.54, 1.807) is 6.07 Å². The van der Waals surface area contributed by atoms with E-state index in [4.69, 9.17) is 0 Å². The molecule has 8 nitrogen and oxygen atoms in total. The number of sulfonamides is 1.